The number of benzene rings is 1. The largest absolute Gasteiger partial charge is 0.507 e. The molecule has 1 amide bonds. The van der Waals surface area contributed by atoms with Gasteiger partial charge in [-0.3, -0.25) is 4.79 Å². The number of nitrogens with one attached hydrogen (secondary N) is 1. The predicted octanol–water partition coefficient (Wildman–Crippen LogP) is 0.644. The number of carbonyl (C=O) groups excluding carboxylic acids is 1. The van der Waals surface area contributed by atoms with Crippen molar-refractivity contribution in [3.05, 3.63) is 23.8 Å². The average Bonchev–Trinajstić information content (AvgIpc) is 2.71. The van der Waals surface area contributed by atoms with Crippen molar-refractivity contribution in [2.45, 2.75) is 26.0 Å². The van der Waals surface area contributed by atoms with Gasteiger partial charge in [-0.2, -0.15) is 0 Å². The van der Waals surface area contributed by atoms with E-state index >= 15 is 0 Å². The van der Waals surface area contributed by atoms with Crippen LogP contribution < -0.4 is 11.1 Å². The minimum atomic E-state index is -0.591. The van der Waals surface area contributed by atoms with E-state index in [9.17, 15) is 9.90 Å². The summed E-state index contributed by atoms with van der Waals surface area (Å²) in [6.07, 6.45) is -0.362. The zero-order chi connectivity index (χ0) is 14.0. The molecule has 0 saturated carbocycles. The number of phenols is 1. The first kappa shape index (κ1) is 13.2. The van der Waals surface area contributed by atoms with E-state index < -0.39 is 6.04 Å². The van der Waals surface area contributed by atoms with E-state index in [-0.39, 0.29) is 23.7 Å². The zero-order valence-electron chi connectivity index (χ0n) is 10.9. The summed E-state index contributed by atoms with van der Waals surface area (Å²) in [6, 6.07) is 4.10. The Morgan fingerprint density at radius 3 is 2.95 bits per heavy atom. The summed E-state index contributed by atoms with van der Waals surface area (Å²) in [5.74, 6) is 0.0729. The summed E-state index contributed by atoms with van der Waals surface area (Å²) in [7, 11) is 0. The van der Waals surface area contributed by atoms with Crippen LogP contribution in [0.2, 0.25) is 0 Å². The minimum absolute atomic E-state index is 0.0116. The molecule has 1 aliphatic rings. The van der Waals surface area contributed by atoms with Gasteiger partial charge in [-0.1, -0.05) is 0 Å². The molecule has 2 rings (SSSR count). The van der Waals surface area contributed by atoms with Crippen molar-refractivity contribution in [3.63, 3.8) is 0 Å². The Kier molecular flexibility index (Phi) is 3.59. The lowest BCUT2D eigenvalue weighted by Crippen LogP contribution is -2.38. The molecule has 0 radical (unpaired) electrons. The highest BCUT2D eigenvalue weighted by molar-refractivity contribution is 6.01. The van der Waals surface area contributed by atoms with Crippen molar-refractivity contribution in [1.29, 1.82) is 0 Å². The van der Waals surface area contributed by atoms with E-state index in [0.29, 0.717) is 17.8 Å². The molecule has 0 aliphatic carbocycles. The molecule has 1 aromatic carbocycles. The Hall–Kier alpha value is -2.24. The fourth-order valence-electron chi connectivity index (χ4n) is 1.92. The number of rotatable bonds is 3. The maximum absolute atomic E-state index is 11.8. The molecule has 4 N–H and O–H groups in total. The van der Waals surface area contributed by atoms with Crippen LogP contribution in [-0.4, -0.2) is 35.6 Å². The SMILES string of the molecule is CCNC(=O)[C@@H]1N=C(c2ccc(N)cc2O)O[C@@H]1C. The van der Waals surface area contributed by atoms with Crippen LogP contribution in [-0.2, 0) is 9.53 Å². The lowest BCUT2D eigenvalue weighted by molar-refractivity contribution is -0.123. The van der Waals surface area contributed by atoms with Gasteiger partial charge in [0.05, 0.1) is 5.56 Å². The molecule has 0 bridgehead atoms. The second-order valence-corrected chi connectivity index (χ2v) is 4.37. The number of hydrogen-bond donors (Lipinski definition) is 3. The molecule has 6 heteroatoms. The number of amides is 1. The van der Waals surface area contributed by atoms with Crippen LogP contribution in [0.5, 0.6) is 5.75 Å². The number of aliphatic imine (C=N–C) groups is 1. The molecule has 102 valence electrons. The quantitative estimate of drug-likeness (QED) is 0.697. The number of ether oxygens (including phenoxy) is 1. The van der Waals surface area contributed by atoms with E-state index in [0.717, 1.165) is 0 Å². The van der Waals surface area contributed by atoms with E-state index in [4.69, 9.17) is 10.5 Å². The van der Waals surface area contributed by atoms with E-state index in [1.807, 2.05) is 6.92 Å². The average molecular weight is 263 g/mol. The summed E-state index contributed by atoms with van der Waals surface area (Å²) < 4.78 is 5.54. The fraction of sp³-hybridized carbons (Fsp3) is 0.385. The highest BCUT2D eigenvalue weighted by Crippen LogP contribution is 2.26. The van der Waals surface area contributed by atoms with E-state index in [1.165, 1.54) is 6.07 Å². The topological polar surface area (TPSA) is 96.9 Å². The highest BCUT2D eigenvalue weighted by Gasteiger charge is 2.34. The fourth-order valence-corrected chi connectivity index (χ4v) is 1.92. The first-order chi connectivity index (χ1) is 9.02. The van der Waals surface area contributed by atoms with Gasteiger partial charge in [-0.15, -0.1) is 0 Å². The summed E-state index contributed by atoms with van der Waals surface area (Å²) in [5, 5.41) is 12.5. The Balaban J connectivity index is 2.26. The van der Waals surface area contributed by atoms with Crippen LogP contribution in [0, 0.1) is 0 Å². The van der Waals surface area contributed by atoms with Crippen LogP contribution in [0.1, 0.15) is 19.4 Å². The summed E-state index contributed by atoms with van der Waals surface area (Å²) in [5.41, 5.74) is 6.45. The molecule has 0 fully saturated rings. The molecule has 1 aliphatic heterocycles. The van der Waals surface area contributed by atoms with Crippen LogP contribution in [0.3, 0.4) is 0 Å². The minimum Gasteiger partial charge on any atom is -0.507 e. The Morgan fingerprint density at radius 2 is 2.32 bits per heavy atom. The summed E-state index contributed by atoms with van der Waals surface area (Å²) in [6.45, 7) is 4.15. The molecule has 1 heterocycles. The van der Waals surface area contributed by atoms with Gasteiger partial charge in [0.25, 0.3) is 0 Å². The zero-order valence-corrected chi connectivity index (χ0v) is 10.9. The number of likely N-dealkylation sites (N-methyl/N-ethyl adjacent to an activating group) is 1. The first-order valence-electron chi connectivity index (χ1n) is 6.14. The van der Waals surface area contributed by atoms with Gasteiger partial charge in [0, 0.05) is 18.3 Å². The maximum Gasteiger partial charge on any atom is 0.248 e. The second kappa shape index (κ2) is 5.17. The maximum atomic E-state index is 11.8. The molecule has 1 aromatic rings. The molecule has 0 saturated heterocycles. The van der Waals surface area contributed by atoms with Crippen LogP contribution in [0.15, 0.2) is 23.2 Å². The van der Waals surface area contributed by atoms with Crippen molar-refractivity contribution in [2.75, 3.05) is 12.3 Å². The standard InChI is InChI=1S/C13H17N3O3/c1-3-15-12(18)11-7(2)19-13(16-11)9-5-4-8(14)6-10(9)17/h4-7,11,17H,3,14H2,1-2H3,(H,15,18)/t7-,11-/m1/s1. The molecule has 2 atom stereocenters. The monoisotopic (exact) mass is 263 g/mol. The second-order valence-electron chi connectivity index (χ2n) is 4.37. The van der Waals surface area contributed by atoms with Crippen molar-refractivity contribution in [3.8, 4) is 5.75 Å². The van der Waals surface area contributed by atoms with Gasteiger partial charge < -0.3 is 20.9 Å². The lowest BCUT2D eigenvalue weighted by atomic mass is 10.2. The first-order valence-corrected chi connectivity index (χ1v) is 6.14. The number of anilines is 1. The number of nitrogens with two attached hydrogens (primary N) is 1. The Bertz CT molecular complexity index is 528. The highest BCUT2D eigenvalue weighted by atomic mass is 16.5. The van der Waals surface area contributed by atoms with Gasteiger partial charge in [0.15, 0.2) is 6.04 Å². The van der Waals surface area contributed by atoms with Crippen LogP contribution >= 0.6 is 0 Å². The number of hydrogen-bond acceptors (Lipinski definition) is 5. The van der Waals surface area contributed by atoms with Crippen LogP contribution in [0.25, 0.3) is 0 Å². The molecule has 0 unspecified atom stereocenters. The number of nitrogens with zero attached hydrogens (tertiary/aromatic N) is 1. The lowest BCUT2D eigenvalue weighted by Gasteiger charge is -2.12. The Labute approximate surface area is 111 Å². The van der Waals surface area contributed by atoms with Crippen molar-refractivity contribution < 1.29 is 14.6 Å². The predicted molar refractivity (Wildman–Crippen MR) is 72.1 cm³/mol. The van der Waals surface area contributed by atoms with Crippen molar-refractivity contribution in [1.82, 2.24) is 5.32 Å². The van der Waals surface area contributed by atoms with Gasteiger partial charge in [0.1, 0.15) is 11.9 Å². The molecular formula is C13H17N3O3. The normalized spacial score (nSPS) is 21.7. The smallest absolute Gasteiger partial charge is 0.248 e. The van der Waals surface area contributed by atoms with Gasteiger partial charge in [-0.25, -0.2) is 4.99 Å². The van der Waals surface area contributed by atoms with Crippen molar-refractivity contribution in [2.24, 2.45) is 4.99 Å². The number of carbonyl (C=O) groups is 1. The summed E-state index contributed by atoms with van der Waals surface area (Å²) in [4.78, 5) is 16.0. The van der Waals surface area contributed by atoms with E-state index in [2.05, 4.69) is 10.3 Å². The van der Waals surface area contributed by atoms with Gasteiger partial charge in [-0.05, 0) is 26.0 Å². The third kappa shape index (κ3) is 2.62. The van der Waals surface area contributed by atoms with E-state index in [1.54, 1.807) is 19.1 Å². The molecule has 0 aromatic heterocycles. The van der Waals surface area contributed by atoms with Crippen LogP contribution in [0.4, 0.5) is 5.69 Å². The third-order valence-corrected chi connectivity index (χ3v) is 2.87. The number of aromatic hydroxyl groups is 1. The molecule has 6 nitrogen and oxygen atoms in total. The van der Waals surface area contributed by atoms with Gasteiger partial charge in [0.2, 0.25) is 11.8 Å². The Morgan fingerprint density at radius 1 is 1.58 bits per heavy atom. The third-order valence-electron chi connectivity index (χ3n) is 2.87. The molecule has 19 heavy (non-hydrogen) atoms. The van der Waals surface area contributed by atoms with Crippen molar-refractivity contribution >= 4 is 17.5 Å². The van der Waals surface area contributed by atoms with Gasteiger partial charge >= 0.3 is 0 Å². The summed E-state index contributed by atoms with van der Waals surface area (Å²) >= 11 is 0. The molecule has 0 spiro atoms. The molecular weight excluding hydrogens is 246 g/mol. The number of phenolic OH excluding ortho intramolecular Hbond substituents is 1. The number of nitrogen functional groups attached to an aromatic ring is 1.